The summed E-state index contributed by atoms with van der Waals surface area (Å²) >= 11 is 0. The lowest BCUT2D eigenvalue weighted by atomic mass is 10.2. The van der Waals surface area contributed by atoms with E-state index in [1.54, 1.807) is 29.1 Å². The number of carbonyl (C=O) groups is 1. The van der Waals surface area contributed by atoms with Gasteiger partial charge in [0.15, 0.2) is 0 Å². The fourth-order valence-electron chi connectivity index (χ4n) is 2.88. The summed E-state index contributed by atoms with van der Waals surface area (Å²) in [4.78, 5) is 16.0. The highest BCUT2D eigenvalue weighted by Gasteiger charge is 2.35. The first-order chi connectivity index (χ1) is 11.6. The van der Waals surface area contributed by atoms with E-state index in [2.05, 4.69) is 10.3 Å². The Morgan fingerprint density at radius 1 is 1.42 bits per heavy atom. The lowest BCUT2D eigenvalue weighted by Gasteiger charge is -2.17. The van der Waals surface area contributed by atoms with Crippen molar-refractivity contribution in [1.29, 1.82) is 0 Å². The van der Waals surface area contributed by atoms with Crippen molar-refractivity contribution in [2.75, 3.05) is 31.6 Å². The van der Waals surface area contributed by atoms with Crippen molar-refractivity contribution in [3.63, 3.8) is 0 Å². The van der Waals surface area contributed by atoms with Gasteiger partial charge in [-0.2, -0.15) is 0 Å². The highest BCUT2D eigenvalue weighted by Crippen LogP contribution is 2.29. The molecule has 24 heavy (non-hydrogen) atoms. The van der Waals surface area contributed by atoms with Gasteiger partial charge in [-0.15, -0.1) is 5.10 Å². The lowest BCUT2D eigenvalue weighted by molar-refractivity contribution is -0.120. The average Bonchev–Trinajstić information content (AvgIpc) is 3.15. The first-order valence-corrected chi connectivity index (χ1v) is 7.86. The van der Waals surface area contributed by atoms with E-state index in [4.69, 9.17) is 5.11 Å². The van der Waals surface area contributed by atoms with Crippen LogP contribution in [-0.2, 0) is 11.3 Å². The standard InChI is InChI=1S/C16H20FN5O2/c1-20(8-9-23)10-12-11-22(19-18-12)15-6-7-21(16(15)24)14-5-3-2-4-13(14)17/h2-5,11,15,23H,6-10H2,1H3. The number of benzene rings is 1. The number of amides is 1. The minimum Gasteiger partial charge on any atom is -0.395 e. The smallest absolute Gasteiger partial charge is 0.252 e. The number of aliphatic hydroxyl groups excluding tert-OH is 1. The molecule has 2 heterocycles. The maximum Gasteiger partial charge on any atom is 0.252 e. The number of para-hydroxylation sites is 1. The number of hydrogen-bond acceptors (Lipinski definition) is 5. The molecule has 1 aliphatic heterocycles. The van der Waals surface area contributed by atoms with Crippen molar-refractivity contribution in [3.8, 4) is 0 Å². The summed E-state index contributed by atoms with van der Waals surface area (Å²) < 4.78 is 15.5. The fraction of sp³-hybridized carbons (Fsp3) is 0.438. The van der Waals surface area contributed by atoms with Crippen molar-refractivity contribution >= 4 is 11.6 Å². The van der Waals surface area contributed by atoms with Crippen LogP contribution in [0.4, 0.5) is 10.1 Å². The maximum atomic E-state index is 13.9. The molecule has 0 saturated carbocycles. The summed E-state index contributed by atoms with van der Waals surface area (Å²) in [5.74, 6) is -0.586. The molecule has 1 aromatic heterocycles. The first kappa shape index (κ1) is 16.5. The number of halogens is 1. The molecular weight excluding hydrogens is 313 g/mol. The molecule has 1 aliphatic rings. The second-order valence-corrected chi connectivity index (χ2v) is 5.90. The zero-order valence-electron chi connectivity index (χ0n) is 13.5. The fourth-order valence-corrected chi connectivity index (χ4v) is 2.88. The van der Waals surface area contributed by atoms with Crippen LogP contribution in [0.2, 0.25) is 0 Å². The van der Waals surface area contributed by atoms with Crippen molar-refractivity contribution in [1.82, 2.24) is 19.9 Å². The minimum absolute atomic E-state index is 0.0728. The van der Waals surface area contributed by atoms with E-state index in [9.17, 15) is 9.18 Å². The second-order valence-electron chi connectivity index (χ2n) is 5.90. The Hall–Kier alpha value is -2.32. The molecule has 1 aromatic carbocycles. The van der Waals surface area contributed by atoms with Gasteiger partial charge >= 0.3 is 0 Å². The number of hydrogen-bond donors (Lipinski definition) is 1. The largest absolute Gasteiger partial charge is 0.395 e. The third-order valence-electron chi connectivity index (χ3n) is 4.11. The summed E-state index contributed by atoms with van der Waals surface area (Å²) in [6.07, 6.45) is 2.30. The number of carbonyl (C=O) groups excluding carboxylic acids is 1. The monoisotopic (exact) mass is 333 g/mol. The summed E-state index contributed by atoms with van der Waals surface area (Å²) in [5.41, 5.74) is 1.02. The van der Waals surface area contributed by atoms with Gasteiger partial charge in [-0.1, -0.05) is 17.3 Å². The molecule has 8 heteroatoms. The molecular formula is C16H20FN5O2. The van der Waals surface area contributed by atoms with Crippen LogP contribution in [0.25, 0.3) is 0 Å². The van der Waals surface area contributed by atoms with E-state index in [-0.39, 0.29) is 12.5 Å². The number of nitrogens with zero attached hydrogens (tertiary/aromatic N) is 5. The predicted octanol–water partition coefficient (Wildman–Crippen LogP) is 0.819. The van der Waals surface area contributed by atoms with Crippen LogP contribution in [0.15, 0.2) is 30.5 Å². The van der Waals surface area contributed by atoms with Gasteiger partial charge in [0.05, 0.1) is 24.2 Å². The van der Waals surface area contributed by atoms with Gasteiger partial charge < -0.3 is 10.0 Å². The summed E-state index contributed by atoms with van der Waals surface area (Å²) in [6, 6.07) is 5.80. The van der Waals surface area contributed by atoms with Crippen molar-refractivity contribution in [3.05, 3.63) is 42.0 Å². The third kappa shape index (κ3) is 3.29. The molecule has 2 aromatic rings. The summed E-state index contributed by atoms with van der Waals surface area (Å²) in [6.45, 7) is 1.60. The Balaban J connectivity index is 1.72. The molecule has 1 unspecified atom stereocenters. The van der Waals surface area contributed by atoms with Gasteiger partial charge in [-0.05, 0) is 25.6 Å². The highest BCUT2D eigenvalue weighted by molar-refractivity contribution is 5.98. The third-order valence-corrected chi connectivity index (χ3v) is 4.11. The second kappa shape index (κ2) is 7.06. The van der Waals surface area contributed by atoms with Crippen LogP contribution >= 0.6 is 0 Å². The van der Waals surface area contributed by atoms with Gasteiger partial charge in [0, 0.05) is 19.6 Å². The summed E-state index contributed by atoms with van der Waals surface area (Å²) in [5, 5.41) is 17.0. The molecule has 128 valence electrons. The van der Waals surface area contributed by atoms with Crippen LogP contribution in [0, 0.1) is 5.82 Å². The van der Waals surface area contributed by atoms with Crippen molar-refractivity contribution in [2.24, 2.45) is 0 Å². The first-order valence-electron chi connectivity index (χ1n) is 7.86. The number of aromatic nitrogens is 3. The number of likely N-dealkylation sites (N-methyl/N-ethyl adjacent to an activating group) is 1. The van der Waals surface area contributed by atoms with E-state index >= 15 is 0 Å². The number of anilines is 1. The molecule has 1 fully saturated rings. The van der Waals surface area contributed by atoms with Gasteiger partial charge in [-0.25, -0.2) is 9.07 Å². The quantitative estimate of drug-likeness (QED) is 0.847. The maximum absolute atomic E-state index is 13.9. The molecule has 3 rings (SSSR count). The Labute approximate surface area is 139 Å². The van der Waals surface area contributed by atoms with Gasteiger partial charge in [0.2, 0.25) is 0 Å². The molecule has 1 N–H and O–H groups in total. The molecule has 0 aliphatic carbocycles. The van der Waals surface area contributed by atoms with Crippen LogP contribution in [-0.4, -0.2) is 57.7 Å². The van der Waals surface area contributed by atoms with Crippen molar-refractivity contribution < 1.29 is 14.3 Å². The van der Waals surface area contributed by atoms with Gasteiger partial charge in [-0.3, -0.25) is 9.69 Å². The highest BCUT2D eigenvalue weighted by atomic mass is 19.1. The van der Waals surface area contributed by atoms with E-state index in [1.807, 2.05) is 11.9 Å². The predicted molar refractivity (Wildman–Crippen MR) is 85.8 cm³/mol. The molecule has 1 saturated heterocycles. The van der Waals surface area contributed by atoms with Gasteiger partial charge in [0.1, 0.15) is 11.9 Å². The van der Waals surface area contributed by atoms with E-state index < -0.39 is 11.9 Å². The molecule has 1 atom stereocenters. The average molecular weight is 333 g/mol. The number of aliphatic hydroxyl groups is 1. The molecule has 7 nitrogen and oxygen atoms in total. The summed E-state index contributed by atoms with van der Waals surface area (Å²) in [7, 11) is 1.87. The van der Waals surface area contributed by atoms with E-state index in [0.717, 1.165) is 5.69 Å². The van der Waals surface area contributed by atoms with E-state index in [0.29, 0.717) is 31.7 Å². The SMILES string of the molecule is CN(CCO)Cc1cn(C2CCN(c3ccccc3F)C2=O)nn1. The van der Waals surface area contributed by atoms with Crippen LogP contribution in [0.1, 0.15) is 18.2 Å². The Bertz CT molecular complexity index is 720. The lowest BCUT2D eigenvalue weighted by Crippen LogP contribution is -2.29. The normalized spacial score (nSPS) is 17.9. The van der Waals surface area contributed by atoms with Crippen LogP contribution < -0.4 is 4.90 Å². The molecule has 1 amide bonds. The number of rotatable bonds is 6. The topological polar surface area (TPSA) is 74.5 Å². The minimum atomic E-state index is -0.464. The Kier molecular flexibility index (Phi) is 4.86. The van der Waals surface area contributed by atoms with E-state index in [1.165, 1.54) is 11.0 Å². The zero-order valence-corrected chi connectivity index (χ0v) is 13.5. The molecule has 0 spiro atoms. The Morgan fingerprint density at radius 2 is 2.21 bits per heavy atom. The molecule has 0 radical (unpaired) electrons. The zero-order chi connectivity index (χ0) is 17.1. The van der Waals surface area contributed by atoms with Crippen LogP contribution in [0.5, 0.6) is 0 Å². The molecule has 0 bridgehead atoms. The van der Waals surface area contributed by atoms with Gasteiger partial charge in [0.25, 0.3) is 5.91 Å². The van der Waals surface area contributed by atoms with Crippen molar-refractivity contribution in [2.45, 2.75) is 19.0 Å². The van der Waals surface area contributed by atoms with Crippen LogP contribution in [0.3, 0.4) is 0 Å². The Morgan fingerprint density at radius 3 is 2.96 bits per heavy atom.